The van der Waals surface area contributed by atoms with Crippen LogP contribution in [0.2, 0.25) is 0 Å². The van der Waals surface area contributed by atoms with Crippen molar-refractivity contribution in [3.63, 3.8) is 0 Å². The summed E-state index contributed by atoms with van der Waals surface area (Å²) in [5, 5.41) is 3.76. The van der Waals surface area contributed by atoms with E-state index in [-0.39, 0.29) is 11.2 Å². The standard InChI is InChI=1S/C6H9N3O/c1-4-3-8-9(2)6(10)5(4)7/h3H,7H2,1-2H3. The molecule has 0 saturated heterocycles. The van der Waals surface area contributed by atoms with Gasteiger partial charge >= 0.3 is 0 Å². The predicted molar refractivity (Wildman–Crippen MR) is 38.6 cm³/mol. The highest BCUT2D eigenvalue weighted by molar-refractivity contribution is 5.41. The Labute approximate surface area is 58.3 Å². The highest BCUT2D eigenvalue weighted by atomic mass is 16.1. The number of hydrogen-bond donors (Lipinski definition) is 1. The molecular formula is C6H9N3O. The van der Waals surface area contributed by atoms with Crippen molar-refractivity contribution in [2.45, 2.75) is 6.92 Å². The molecule has 0 saturated carbocycles. The SMILES string of the molecule is Cc1cnn(C)c(=O)c1N. The summed E-state index contributed by atoms with van der Waals surface area (Å²) < 4.78 is 1.21. The second-order valence-corrected chi connectivity index (χ2v) is 2.17. The molecule has 0 atom stereocenters. The molecule has 1 rings (SSSR count). The van der Waals surface area contributed by atoms with Gasteiger partial charge in [-0.15, -0.1) is 0 Å². The van der Waals surface area contributed by atoms with Gasteiger partial charge in [0.1, 0.15) is 5.69 Å². The van der Waals surface area contributed by atoms with Crippen LogP contribution in [0.25, 0.3) is 0 Å². The van der Waals surface area contributed by atoms with E-state index in [1.165, 1.54) is 4.68 Å². The van der Waals surface area contributed by atoms with Gasteiger partial charge < -0.3 is 5.73 Å². The summed E-state index contributed by atoms with van der Waals surface area (Å²) in [6.07, 6.45) is 1.57. The van der Waals surface area contributed by atoms with E-state index in [4.69, 9.17) is 5.73 Å². The van der Waals surface area contributed by atoms with Crippen molar-refractivity contribution in [1.82, 2.24) is 9.78 Å². The minimum absolute atomic E-state index is 0.236. The van der Waals surface area contributed by atoms with Crippen LogP contribution in [0.1, 0.15) is 5.56 Å². The molecule has 0 fully saturated rings. The van der Waals surface area contributed by atoms with Crippen molar-refractivity contribution in [1.29, 1.82) is 0 Å². The van der Waals surface area contributed by atoms with Gasteiger partial charge in [-0.3, -0.25) is 4.79 Å². The topological polar surface area (TPSA) is 60.9 Å². The highest BCUT2D eigenvalue weighted by Gasteiger charge is 1.99. The van der Waals surface area contributed by atoms with Crippen LogP contribution in [0.4, 0.5) is 5.69 Å². The molecule has 54 valence electrons. The predicted octanol–water partition coefficient (Wildman–Crippen LogP) is -0.329. The first kappa shape index (κ1) is 6.80. The Morgan fingerprint density at radius 3 is 2.80 bits per heavy atom. The number of anilines is 1. The number of hydrogen-bond acceptors (Lipinski definition) is 3. The first-order valence-electron chi connectivity index (χ1n) is 2.91. The van der Waals surface area contributed by atoms with E-state index in [1.54, 1.807) is 20.2 Å². The van der Waals surface area contributed by atoms with Gasteiger partial charge in [0.2, 0.25) is 0 Å². The van der Waals surface area contributed by atoms with Gasteiger partial charge in [-0.2, -0.15) is 5.10 Å². The summed E-state index contributed by atoms with van der Waals surface area (Å²) in [5.74, 6) is 0. The molecular weight excluding hydrogens is 130 g/mol. The molecule has 4 heteroatoms. The average Bonchev–Trinajstić information content (AvgIpc) is 1.93. The van der Waals surface area contributed by atoms with Gasteiger partial charge in [0.05, 0.1) is 6.20 Å². The van der Waals surface area contributed by atoms with Crippen LogP contribution in [-0.4, -0.2) is 9.78 Å². The summed E-state index contributed by atoms with van der Waals surface area (Å²) in [6, 6.07) is 0. The zero-order valence-corrected chi connectivity index (χ0v) is 5.96. The minimum atomic E-state index is -0.236. The van der Waals surface area contributed by atoms with Crippen LogP contribution in [0.15, 0.2) is 11.0 Å². The zero-order chi connectivity index (χ0) is 7.72. The zero-order valence-electron chi connectivity index (χ0n) is 5.96. The molecule has 0 unspecified atom stereocenters. The molecule has 2 N–H and O–H groups in total. The first-order chi connectivity index (χ1) is 4.63. The van der Waals surface area contributed by atoms with Gasteiger partial charge in [-0.05, 0) is 12.5 Å². The summed E-state index contributed by atoms with van der Waals surface area (Å²) in [4.78, 5) is 11.0. The summed E-state index contributed by atoms with van der Waals surface area (Å²) in [6.45, 7) is 1.75. The third-order valence-electron chi connectivity index (χ3n) is 1.37. The smallest absolute Gasteiger partial charge is 0.289 e. The van der Waals surface area contributed by atoms with Gasteiger partial charge in [-0.1, -0.05) is 0 Å². The van der Waals surface area contributed by atoms with Gasteiger partial charge in [0, 0.05) is 7.05 Å². The van der Waals surface area contributed by atoms with E-state index in [9.17, 15) is 4.79 Å². The maximum Gasteiger partial charge on any atom is 0.289 e. The lowest BCUT2D eigenvalue weighted by atomic mass is 10.3. The Kier molecular flexibility index (Phi) is 1.45. The molecule has 0 aliphatic carbocycles. The number of nitrogen functional groups attached to an aromatic ring is 1. The summed E-state index contributed by atoms with van der Waals surface area (Å²) in [5.41, 5.74) is 6.17. The number of nitrogens with two attached hydrogens (primary N) is 1. The molecule has 0 aliphatic heterocycles. The van der Waals surface area contributed by atoms with E-state index in [0.29, 0.717) is 0 Å². The molecule has 0 spiro atoms. The quantitative estimate of drug-likeness (QED) is 0.535. The second kappa shape index (κ2) is 2.13. The number of aryl methyl sites for hydroxylation is 2. The number of nitrogens with zero attached hydrogens (tertiary/aromatic N) is 2. The van der Waals surface area contributed by atoms with Gasteiger partial charge in [0.25, 0.3) is 5.56 Å². The maximum atomic E-state index is 11.0. The normalized spacial score (nSPS) is 9.80. The Morgan fingerprint density at radius 1 is 1.70 bits per heavy atom. The van der Waals surface area contributed by atoms with Crippen molar-refractivity contribution in [2.75, 3.05) is 5.73 Å². The molecule has 1 aromatic rings. The number of aromatic nitrogens is 2. The lowest BCUT2D eigenvalue weighted by molar-refractivity contribution is 0.706. The van der Waals surface area contributed by atoms with Crippen molar-refractivity contribution in [3.05, 3.63) is 22.1 Å². The first-order valence-corrected chi connectivity index (χ1v) is 2.91. The fourth-order valence-electron chi connectivity index (χ4n) is 0.638. The largest absolute Gasteiger partial charge is 0.394 e. The molecule has 4 nitrogen and oxygen atoms in total. The Hall–Kier alpha value is -1.32. The van der Waals surface area contributed by atoms with E-state index in [0.717, 1.165) is 5.56 Å². The maximum absolute atomic E-state index is 11.0. The molecule has 1 heterocycles. The summed E-state index contributed by atoms with van der Waals surface area (Å²) in [7, 11) is 1.57. The Balaban J connectivity index is 3.50. The highest BCUT2D eigenvalue weighted by Crippen LogP contribution is 1.98. The third-order valence-corrected chi connectivity index (χ3v) is 1.37. The van der Waals surface area contributed by atoms with Crippen LogP contribution < -0.4 is 11.3 Å². The van der Waals surface area contributed by atoms with Crippen LogP contribution in [0.5, 0.6) is 0 Å². The molecule has 0 amide bonds. The van der Waals surface area contributed by atoms with Crippen LogP contribution in [-0.2, 0) is 7.05 Å². The fraction of sp³-hybridized carbons (Fsp3) is 0.333. The van der Waals surface area contributed by atoms with Crippen molar-refractivity contribution < 1.29 is 0 Å². The van der Waals surface area contributed by atoms with Crippen LogP contribution in [0, 0.1) is 6.92 Å². The number of rotatable bonds is 0. The van der Waals surface area contributed by atoms with Gasteiger partial charge in [-0.25, -0.2) is 4.68 Å². The monoisotopic (exact) mass is 139 g/mol. The van der Waals surface area contributed by atoms with Crippen molar-refractivity contribution in [2.24, 2.45) is 7.05 Å². The lowest BCUT2D eigenvalue weighted by Gasteiger charge is -1.99. The van der Waals surface area contributed by atoms with Crippen LogP contribution >= 0.6 is 0 Å². The minimum Gasteiger partial charge on any atom is -0.394 e. The van der Waals surface area contributed by atoms with Crippen molar-refractivity contribution >= 4 is 5.69 Å². The molecule has 0 aliphatic rings. The molecule has 0 radical (unpaired) electrons. The Morgan fingerprint density at radius 2 is 2.30 bits per heavy atom. The molecule has 10 heavy (non-hydrogen) atoms. The third kappa shape index (κ3) is 0.877. The molecule has 0 bridgehead atoms. The Bertz CT molecular complexity index is 302. The van der Waals surface area contributed by atoms with Crippen molar-refractivity contribution in [3.8, 4) is 0 Å². The lowest BCUT2D eigenvalue weighted by Crippen LogP contribution is -2.23. The average molecular weight is 139 g/mol. The van der Waals surface area contributed by atoms with E-state index >= 15 is 0 Å². The van der Waals surface area contributed by atoms with E-state index in [1.807, 2.05) is 0 Å². The fourth-order valence-corrected chi connectivity index (χ4v) is 0.638. The van der Waals surface area contributed by atoms with E-state index < -0.39 is 0 Å². The molecule has 1 aromatic heterocycles. The van der Waals surface area contributed by atoms with Crippen LogP contribution in [0.3, 0.4) is 0 Å². The van der Waals surface area contributed by atoms with Gasteiger partial charge in [0.15, 0.2) is 0 Å². The molecule has 0 aromatic carbocycles. The second-order valence-electron chi connectivity index (χ2n) is 2.17. The van der Waals surface area contributed by atoms with E-state index in [2.05, 4.69) is 5.10 Å². The summed E-state index contributed by atoms with van der Waals surface area (Å²) >= 11 is 0.